The minimum atomic E-state index is -2.97. The fourth-order valence-electron chi connectivity index (χ4n) is 3.11. The maximum atomic E-state index is 12.5. The normalized spacial score (nSPS) is 18.5. The summed E-state index contributed by atoms with van der Waals surface area (Å²) < 4.78 is 23.4. The van der Waals surface area contributed by atoms with Crippen LogP contribution in [0.15, 0.2) is 42.6 Å². The molecule has 0 radical (unpaired) electrons. The molecule has 1 aliphatic heterocycles. The first-order valence-electron chi connectivity index (χ1n) is 8.58. The molecule has 1 unspecified atom stereocenters. The van der Waals surface area contributed by atoms with Crippen LogP contribution in [0.3, 0.4) is 0 Å². The monoisotopic (exact) mass is 373 g/mol. The van der Waals surface area contributed by atoms with Crippen molar-refractivity contribution in [3.63, 3.8) is 0 Å². The molecule has 1 fully saturated rings. The quantitative estimate of drug-likeness (QED) is 0.866. The zero-order valence-electron chi connectivity index (χ0n) is 15.0. The van der Waals surface area contributed by atoms with E-state index in [0.717, 1.165) is 11.1 Å². The summed E-state index contributed by atoms with van der Waals surface area (Å²) in [4.78, 5) is 18.6. The Labute approximate surface area is 154 Å². The molecule has 0 bridgehead atoms. The second-order valence-corrected chi connectivity index (χ2v) is 8.91. The second kappa shape index (κ2) is 7.45. The highest BCUT2D eigenvalue weighted by Crippen LogP contribution is 2.22. The van der Waals surface area contributed by atoms with Gasteiger partial charge < -0.3 is 10.2 Å². The number of hydrogen-bond acceptors (Lipinski definition) is 5. The van der Waals surface area contributed by atoms with E-state index in [1.54, 1.807) is 18.3 Å². The van der Waals surface area contributed by atoms with Crippen molar-refractivity contribution in [3.05, 3.63) is 59.3 Å². The minimum absolute atomic E-state index is 0.0993. The Morgan fingerprint density at radius 3 is 2.77 bits per heavy atom. The summed E-state index contributed by atoms with van der Waals surface area (Å²) in [6.45, 7) is 2.47. The van der Waals surface area contributed by atoms with Crippen molar-refractivity contribution in [2.45, 2.75) is 25.9 Å². The Balaban J connectivity index is 1.68. The van der Waals surface area contributed by atoms with E-state index in [1.807, 2.05) is 43.1 Å². The van der Waals surface area contributed by atoms with Gasteiger partial charge in [0.05, 0.1) is 11.5 Å². The second-order valence-electron chi connectivity index (χ2n) is 6.68. The lowest BCUT2D eigenvalue weighted by atomic mass is 10.1. The zero-order valence-corrected chi connectivity index (χ0v) is 15.8. The minimum Gasteiger partial charge on any atom is -0.356 e. The van der Waals surface area contributed by atoms with Crippen LogP contribution >= 0.6 is 0 Å². The van der Waals surface area contributed by atoms with Gasteiger partial charge in [0.25, 0.3) is 5.91 Å². The van der Waals surface area contributed by atoms with Gasteiger partial charge in [0.15, 0.2) is 9.84 Å². The summed E-state index contributed by atoms with van der Waals surface area (Å²) in [6.07, 6.45) is 2.17. The van der Waals surface area contributed by atoms with Crippen LogP contribution < -0.4 is 10.2 Å². The number of aryl methyl sites for hydroxylation is 1. The molecule has 0 aliphatic carbocycles. The van der Waals surface area contributed by atoms with Crippen molar-refractivity contribution in [1.82, 2.24) is 10.3 Å². The van der Waals surface area contributed by atoms with Gasteiger partial charge in [-0.25, -0.2) is 13.4 Å². The number of benzene rings is 1. The number of nitrogens with one attached hydrogen (secondary N) is 1. The lowest BCUT2D eigenvalue weighted by Gasteiger charge is -2.24. The van der Waals surface area contributed by atoms with Gasteiger partial charge in [-0.15, -0.1) is 0 Å². The van der Waals surface area contributed by atoms with Crippen molar-refractivity contribution in [2.75, 3.05) is 23.5 Å². The predicted molar refractivity (Wildman–Crippen MR) is 102 cm³/mol. The molecule has 1 aromatic heterocycles. The van der Waals surface area contributed by atoms with Crippen LogP contribution in [0.25, 0.3) is 0 Å². The van der Waals surface area contributed by atoms with Gasteiger partial charge in [-0.1, -0.05) is 24.3 Å². The molecule has 1 atom stereocenters. The summed E-state index contributed by atoms with van der Waals surface area (Å²) in [5.74, 6) is 0.771. The zero-order chi connectivity index (χ0) is 18.7. The Bertz CT molecular complexity index is 912. The maximum Gasteiger partial charge on any atom is 0.251 e. The van der Waals surface area contributed by atoms with E-state index in [4.69, 9.17) is 0 Å². The van der Waals surface area contributed by atoms with E-state index in [1.165, 1.54) is 0 Å². The number of nitrogens with zero attached hydrogens (tertiary/aromatic N) is 2. The molecule has 3 rings (SSSR count). The number of amides is 1. The molecule has 0 saturated carbocycles. The van der Waals surface area contributed by atoms with Crippen LogP contribution in [0.5, 0.6) is 0 Å². The summed E-state index contributed by atoms with van der Waals surface area (Å²) in [6, 6.07) is 11.2. The summed E-state index contributed by atoms with van der Waals surface area (Å²) in [7, 11) is -1.14. The molecule has 1 N–H and O–H groups in total. The van der Waals surface area contributed by atoms with E-state index in [2.05, 4.69) is 10.3 Å². The molecule has 2 aromatic rings. The Morgan fingerprint density at radius 1 is 1.31 bits per heavy atom. The molecule has 1 aliphatic rings. The van der Waals surface area contributed by atoms with Crippen molar-refractivity contribution in [1.29, 1.82) is 0 Å². The first kappa shape index (κ1) is 18.4. The number of aromatic nitrogens is 1. The summed E-state index contributed by atoms with van der Waals surface area (Å²) in [5, 5.41) is 2.92. The molecule has 6 nitrogen and oxygen atoms in total. The smallest absolute Gasteiger partial charge is 0.251 e. The van der Waals surface area contributed by atoms with Crippen LogP contribution in [0.2, 0.25) is 0 Å². The highest BCUT2D eigenvalue weighted by Gasteiger charge is 2.31. The number of sulfone groups is 1. The topological polar surface area (TPSA) is 79.4 Å². The third-order valence-electron chi connectivity index (χ3n) is 4.83. The Hall–Kier alpha value is -2.41. The molecule has 2 heterocycles. The number of anilines is 1. The average Bonchev–Trinajstić information content (AvgIpc) is 3.00. The number of pyridine rings is 1. The largest absolute Gasteiger partial charge is 0.356 e. The fraction of sp³-hybridized carbons (Fsp3) is 0.368. The number of rotatable bonds is 5. The molecule has 7 heteroatoms. The van der Waals surface area contributed by atoms with Crippen molar-refractivity contribution in [2.24, 2.45) is 0 Å². The van der Waals surface area contributed by atoms with Crippen LogP contribution in [0.1, 0.15) is 27.9 Å². The van der Waals surface area contributed by atoms with Crippen molar-refractivity contribution >= 4 is 21.6 Å². The number of carbonyl (C=O) groups is 1. The Kier molecular flexibility index (Phi) is 5.27. The molecular weight excluding hydrogens is 350 g/mol. The molecule has 26 heavy (non-hydrogen) atoms. The summed E-state index contributed by atoms with van der Waals surface area (Å²) >= 11 is 0. The third-order valence-corrected chi connectivity index (χ3v) is 6.58. The maximum absolute atomic E-state index is 12.5. The lowest BCUT2D eigenvalue weighted by molar-refractivity contribution is 0.0950. The van der Waals surface area contributed by atoms with E-state index < -0.39 is 9.84 Å². The van der Waals surface area contributed by atoms with Gasteiger partial charge in [0.1, 0.15) is 5.82 Å². The standard InChI is InChI=1S/C19H23N3O3S/c1-14-5-3-4-6-16(14)12-21-19(23)15-7-9-20-18(11-15)22(2)17-8-10-26(24,25)13-17/h3-7,9,11,17H,8,10,12-13H2,1-2H3,(H,21,23). The Morgan fingerprint density at radius 2 is 2.08 bits per heavy atom. The SMILES string of the molecule is Cc1ccccc1CNC(=O)c1ccnc(N(C)C2CCS(=O)(=O)C2)c1. The third kappa shape index (κ3) is 4.22. The molecule has 0 spiro atoms. The van der Waals surface area contributed by atoms with Gasteiger partial charge >= 0.3 is 0 Å². The first-order valence-corrected chi connectivity index (χ1v) is 10.4. The van der Waals surface area contributed by atoms with Crippen molar-refractivity contribution in [3.8, 4) is 0 Å². The molecule has 138 valence electrons. The molecule has 1 saturated heterocycles. The van der Waals surface area contributed by atoms with E-state index in [9.17, 15) is 13.2 Å². The van der Waals surface area contributed by atoms with Gasteiger partial charge in [-0.3, -0.25) is 4.79 Å². The highest BCUT2D eigenvalue weighted by atomic mass is 32.2. The molecular formula is C19H23N3O3S. The molecule has 1 aromatic carbocycles. The van der Waals surface area contributed by atoms with Gasteiger partial charge in [0.2, 0.25) is 0 Å². The summed E-state index contributed by atoms with van der Waals surface area (Å²) in [5.41, 5.74) is 2.71. The van der Waals surface area contributed by atoms with Gasteiger partial charge in [-0.05, 0) is 36.6 Å². The first-order chi connectivity index (χ1) is 12.4. The fourth-order valence-corrected chi connectivity index (χ4v) is 4.88. The number of carbonyl (C=O) groups excluding carboxylic acids is 1. The van der Waals surface area contributed by atoms with Crippen LogP contribution in [-0.2, 0) is 16.4 Å². The predicted octanol–water partition coefficient (Wildman–Crippen LogP) is 1.94. The average molecular weight is 373 g/mol. The lowest BCUT2D eigenvalue weighted by Crippen LogP contribution is -2.33. The number of hydrogen-bond donors (Lipinski definition) is 1. The van der Waals surface area contributed by atoms with Crippen molar-refractivity contribution < 1.29 is 13.2 Å². The van der Waals surface area contributed by atoms with Gasteiger partial charge in [0, 0.05) is 31.4 Å². The van der Waals surface area contributed by atoms with Crippen LogP contribution in [0, 0.1) is 6.92 Å². The van der Waals surface area contributed by atoms with Crippen LogP contribution in [-0.4, -0.2) is 43.9 Å². The van der Waals surface area contributed by atoms with E-state index in [0.29, 0.717) is 24.3 Å². The highest BCUT2D eigenvalue weighted by molar-refractivity contribution is 7.91. The van der Waals surface area contributed by atoms with E-state index in [-0.39, 0.29) is 23.5 Å². The van der Waals surface area contributed by atoms with E-state index >= 15 is 0 Å². The van der Waals surface area contributed by atoms with Crippen LogP contribution in [0.4, 0.5) is 5.82 Å². The van der Waals surface area contributed by atoms with Gasteiger partial charge in [-0.2, -0.15) is 0 Å². The molecule has 1 amide bonds.